The van der Waals surface area contributed by atoms with E-state index >= 15 is 0 Å². The molecule has 37 heavy (non-hydrogen) atoms. The van der Waals surface area contributed by atoms with Crippen molar-refractivity contribution in [1.82, 2.24) is 15.1 Å². The molecular formula is C31H35N3O3. The van der Waals surface area contributed by atoms with Gasteiger partial charge in [-0.2, -0.15) is 5.10 Å². The van der Waals surface area contributed by atoms with Gasteiger partial charge in [0.05, 0.1) is 24.2 Å². The molecule has 0 aliphatic carbocycles. The summed E-state index contributed by atoms with van der Waals surface area (Å²) in [7, 11) is 0. The van der Waals surface area contributed by atoms with E-state index in [1.54, 1.807) is 12.1 Å². The van der Waals surface area contributed by atoms with Crippen LogP contribution in [0.1, 0.15) is 74.5 Å². The second-order valence-electron chi connectivity index (χ2n) is 10.5. The van der Waals surface area contributed by atoms with Crippen molar-refractivity contribution in [2.24, 2.45) is 0 Å². The zero-order valence-corrected chi connectivity index (χ0v) is 22.0. The average Bonchev–Trinajstić information content (AvgIpc) is 3.29. The molecule has 1 atom stereocenters. The van der Waals surface area contributed by atoms with Gasteiger partial charge in [0.25, 0.3) is 5.91 Å². The molecule has 1 heterocycles. The molecule has 6 nitrogen and oxygen atoms in total. The largest absolute Gasteiger partial charge is 0.481 e. The second kappa shape index (κ2) is 11.0. The van der Waals surface area contributed by atoms with Gasteiger partial charge in [0.2, 0.25) is 0 Å². The van der Waals surface area contributed by atoms with Crippen LogP contribution in [0.3, 0.4) is 0 Å². The molecule has 0 radical (unpaired) electrons. The Morgan fingerprint density at radius 3 is 2.27 bits per heavy atom. The number of nitrogens with zero attached hydrogens (tertiary/aromatic N) is 2. The van der Waals surface area contributed by atoms with Gasteiger partial charge in [-0.1, -0.05) is 76.6 Å². The maximum Gasteiger partial charge on any atom is 0.305 e. The highest BCUT2D eigenvalue weighted by atomic mass is 16.4. The van der Waals surface area contributed by atoms with Gasteiger partial charge < -0.3 is 10.4 Å². The molecule has 0 bridgehead atoms. The Morgan fingerprint density at radius 2 is 1.65 bits per heavy atom. The Kier molecular flexibility index (Phi) is 7.77. The van der Waals surface area contributed by atoms with Gasteiger partial charge >= 0.3 is 5.97 Å². The van der Waals surface area contributed by atoms with E-state index in [0.717, 1.165) is 34.9 Å². The highest BCUT2D eigenvalue weighted by Crippen LogP contribution is 2.31. The van der Waals surface area contributed by atoms with Gasteiger partial charge in [-0.3, -0.25) is 14.3 Å². The number of amides is 1. The summed E-state index contributed by atoms with van der Waals surface area (Å²) < 4.78 is 2.08. The minimum absolute atomic E-state index is 0.0449. The molecule has 0 fully saturated rings. The first-order valence-corrected chi connectivity index (χ1v) is 12.9. The highest BCUT2D eigenvalue weighted by molar-refractivity contribution is 5.94. The number of fused-ring (bicyclic) bond motifs is 1. The molecule has 0 spiro atoms. The maximum atomic E-state index is 12.3. The summed E-state index contributed by atoms with van der Waals surface area (Å²) in [6, 6.07) is 22.8. The third kappa shape index (κ3) is 6.08. The second-order valence-corrected chi connectivity index (χ2v) is 10.5. The molecule has 1 aromatic heterocycles. The van der Waals surface area contributed by atoms with Crippen molar-refractivity contribution in [3.05, 3.63) is 89.6 Å². The summed E-state index contributed by atoms with van der Waals surface area (Å²) in [5, 5.41) is 17.3. The minimum atomic E-state index is -0.935. The van der Waals surface area contributed by atoms with E-state index in [0.29, 0.717) is 5.56 Å². The number of rotatable bonds is 9. The molecule has 4 aromatic rings. The number of carbonyl (C=O) groups is 2. The molecular weight excluding hydrogens is 462 g/mol. The minimum Gasteiger partial charge on any atom is -0.481 e. The van der Waals surface area contributed by atoms with E-state index < -0.39 is 5.97 Å². The highest BCUT2D eigenvalue weighted by Gasteiger charge is 2.18. The Bertz CT molecular complexity index is 1380. The first kappa shape index (κ1) is 26.1. The molecule has 4 rings (SSSR count). The SMILES string of the molecule is CCCC(c1ccc(C(=O)NCCC(=O)O)cc1)n1ncc2cc(-c3ccc(C(C)(C)C)cc3)ccc21. The number of carbonyl (C=O) groups excluding carboxylic acids is 1. The van der Waals surface area contributed by atoms with Crippen molar-refractivity contribution in [2.45, 2.75) is 58.4 Å². The van der Waals surface area contributed by atoms with Crippen LogP contribution in [0.4, 0.5) is 0 Å². The number of benzene rings is 3. The lowest BCUT2D eigenvalue weighted by atomic mass is 9.86. The van der Waals surface area contributed by atoms with Crippen molar-refractivity contribution < 1.29 is 14.7 Å². The van der Waals surface area contributed by atoms with Gasteiger partial charge in [-0.25, -0.2) is 0 Å². The predicted molar refractivity (Wildman–Crippen MR) is 148 cm³/mol. The molecule has 0 saturated heterocycles. The van der Waals surface area contributed by atoms with Crippen LogP contribution in [0.25, 0.3) is 22.0 Å². The average molecular weight is 498 g/mol. The summed E-state index contributed by atoms with van der Waals surface area (Å²) in [5.74, 6) is -1.21. The Labute approximate surface area is 218 Å². The van der Waals surface area contributed by atoms with Gasteiger partial charge in [0.1, 0.15) is 0 Å². The molecule has 2 N–H and O–H groups in total. The molecule has 3 aromatic carbocycles. The molecule has 1 unspecified atom stereocenters. The van der Waals surface area contributed by atoms with Crippen LogP contribution in [-0.4, -0.2) is 33.3 Å². The van der Waals surface area contributed by atoms with Crippen LogP contribution in [0.2, 0.25) is 0 Å². The summed E-state index contributed by atoms with van der Waals surface area (Å²) in [6.45, 7) is 8.93. The summed E-state index contributed by atoms with van der Waals surface area (Å²) in [6.07, 6.45) is 3.73. The lowest BCUT2D eigenvalue weighted by molar-refractivity contribution is -0.136. The first-order valence-electron chi connectivity index (χ1n) is 12.9. The van der Waals surface area contributed by atoms with E-state index in [1.165, 1.54) is 11.1 Å². The standard InChI is InChI=1S/C31H35N3O3/c1-5-6-27(22-7-9-23(10-8-22)30(37)32-18-17-29(35)36)34-28-16-13-24(19-25(28)20-33-34)21-11-14-26(15-12-21)31(2,3)4/h7-16,19-20,27H,5-6,17-18H2,1-4H3,(H,32,37)(H,35,36). The van der Waals surface area contributed by atoms with Crippen molar-refractivity contribution in [2.75, 3.05) is 6.54 Å². The maximum absolute atomic E-state index is 12.3. The lowest BCUT2D eigenvalue weighted by Gasteiger charge is -2.20. The first-order chi connectivity index (χ1) is 17.7. The number of aliphatic carboxylic acids is 1. The molecule has 0 saturated carbocycles. The molecule has 192 valence electrons. The number of carboxylic acid groups (broad SMARTS) is 1. The van der Waals surface area contributed by atoms with Crippen molar-refractivity contribution >= 4 is 22.8 Å². The van der Waals surface area contributed by atoms with Crippen molar-refractivity contribution in [3.8, 4) is 11.1 Å². The fourth-order valence-corrected chi connectivity index (χ4v) is 4.59. The van der Waals surface area contributed by atoms with E-state index in [9.17, 15) is 9.59 Å². The van der Waals surface area contributed by atoms with Crippen LogP contribution < -0.4 is 5.32 Å². The van der Waals surface area contributed by atoms with Gasteiger partial charge in [0.15, 0.2) is 0 Å². The number of hydrogen-bond acceptors (Lipinski definition) is 3. The zero-order chi connectivity index (χ0) is 26.6. The fourth-order valence-electron chi connectivity index (χ4n) is 4.59. The van der Waals surface area contributed by atoms with E-state index in [-0.39, 0.29) is 30.3 Å². The van der Waals surface area contributed by atoms with Crippen molar-refractivity contribution in [3.63, 3.8) is 0 Å². The lowest BCUT2D eigenvalue weighted by Crippen LogP contribution is -2.26. The molecule has 0 aliphatic heterocycles. The predicted octanol–water partition coefficient (Wildman–Crippen LogP) is 6.59. The Hall–Kier alpha value is -3.93. The topological polar surface area (TPSA) is 84.2 Å². The quantitative estimate of drug-likeness (QED) is 0.273. The third-order valence-corrected chi connectivity index (χ3v) is 6.72. The Morgan fingerprint density at radius 1 is 0.973 bits per heavy atom. The summed E-state index contributed by atoms with van der Waals surface area (Å²) in [5.41, 5.74) is 6.45. The monoisotopic (exact) mass is 497 g/mol. The van der Waals surface area contributed by atoms with E-state index in [1.807, 2.05) is 18.3 Å². The number of nitrogens with one attached hydrogen (secondary N) is 1. The number of carboxylic acids is 1. The van der Waals surface area contributed by atoms with Gasteiger partial charge in [-0.05, 0) is 58.4 Å². The molecule has 6 heteroatoms. The van der Waals surface area contributed by atoms with Crippen LogP contribution in [0.15, 0.2) is 72.9 Å². The van der Waals surface area contributed by atoms with Crippen LogP contribution >= 0.6 is 0 Å². The van der Waals surface area contributed by atoms with Crippen LogP contribution in [0, 0.1) is 0 Å². The normalized spacial score (nSPS) is 12.4. The fraction of sp³-hybridized carbons (Fsp3) is 0.323. The summed E-state index contributed by atoms with van der Waals surface area (Å²) >= 11 is 0. The van der Waals surface area contributed by atoms with Crippen LogP contribution in [0.5, 0.6) is 0 Å². The number of aromatic nitrogens is 2. The van der Waals surface area contributed by atoms with Gasteiger partial charge in [0, 0.05) is 17.5 Å². The van der Waals surface area contributed by atoms with Crippen LogP contribution in [-0.2, 0) is 10.2 Å². The van der Waals surface area contributed by atoms with E-state index in [4.69, 9.17) is 10.2 Å². The third-order valence-electron chi connectivity index (χ3n) is 6.72. The van der Waals surface area contributed by atoms with E-state index in [2.05, 4.69) is 80.2 Å². The zero-order valence-electron chi connectivity index (χ0n) is 22.0. The molecule has 0 aliphatic rings. The molecule has 1 amide bonds. The smallest absolute Gasteiger partial charge is 0.305 e. The van der Waals surface area contributed by atoms with Gasteiger partial charge in [-0.15, -0.1) is 0 Å². The summed E-state index contributed by atoms with van der Waals surface area (Å²) in [4.78, 5) is 23.0. The van der Waals surface area contributed by atoms with Crippen molar-refractivity contribution in [1.29, 1.82) is 0 Å². The Balaban J connectivity index is 1.57. The number of hydrogen-bond donors (Lipinski definition) is 2.